The number of benzene rings is 2. The van der Waals surface area contributed by atoms with Gasteiger partial charge in [0.1, 0.15) is 0 Å². The molecule has 0 saturated heterocycles. The Kier molecular flexibility index (Phi) is 4.91. The maximum absolute atomic E-state index is 13.6. The van der Waals surface area contributed by atoms with E-state index in [1.807, 2.05) is 13.8 Å². The lowest BCUT2D eigenvalue weighted by molar-refractivity contribution is 0.401. The van der Waals surface area contributed by atoms with E-state index in [-0.39, 0.29) is 29.1 Å². The predicted molar refractivity (Wildman–Crippen MR) is 83.9 cm³/mol. The van der Waals surface area contributed by atoms with Crippen LogP contribution in [-0.2, 0) is 0 Å². The second kappa shape index (κ2) is 6.69. The zero-order valence-corrected chi connectivity index (χ0v) is 12.8. The number of phenolic OH excluding ortho intramolecular Hbond substituents is 3. The standard InChI is InChI=1S/C18H21FO3/c1-3-13(11-5-7-16(20)15(19)9-11)14(4-2)12-6-8-17(21)18(22)10-12/h5-10,13-14,20-22H,3-4H2,1-2H3/t13-,14-/m0/s1. The molecule has 0 aromatic heterocycles. The van der Waals surface area contributed by atoms with E-state index in [0.717, 1.165) is 24.0 Å². The summed E-state index contributed by atoms with van der Waals surface area (Å²) in [6, 6.07) is 9.28. The second-order valence-corrected chi connectivity index (χ2v) is 5.49. The molecule has 2 rings (SSSR count). The molecule has 118 valence electrons. The Morgan fingerprint density at radius 3 is 1.73 bits per heavy atom. The molecule has 0 unspecified atom stereocenters. The predicted octanol–water partition coefficient (Wildman–Crippen LogP) is 4.63. The van der Waals surface area contributed by atoms with Crippen molar-refractivity contribution >= 4 is 0 Å². The average molecular weight is 304 g/mol. The maximum atomic E-state index is 13.6. The summed E-state index contributed by atoms with van der Waals surface area (Å²) in [5, 5.41) is 28.5. The van der Waals surface area contributed by atoms with Crippen molar-refractivity contribution in [3.8, 4) is 17.2 Å². The third-order valence-corrected chi connectivity index (χ3v) is 4.19. The normalized spacial score (nSPS) is 13.8. The first kappa shape index (κ1) is 16.1. The summed E-state index contributed by atoms with van der Waals surface area (Å²) in [5.41, 5.74) is 1.72. The van der Waals surface area contributed by atoms with Crippen molar-refractivity contribution in [2.24, 2.45) is 0 Å². The molecule has 0 spiro atoms. The summed E-state index contributed by atoms with van der Waals surface area (Å²) < 4.78 is 13.6. The van der Waals surface area contributed by atoms with Gasteiger partial charge in [0.2, 0.25) is 0 Å². The highest BCUT2D eigenvalue weighted by Crippen LogP contribution is 2.41. The molecule has 3 nitrogen and oxygen atoms in total. The zero-order valence-electron chi connectivity index (χ0n) is 12.8. The van der Waals surface area contributed by atoms with Gasteiger partial charge in [-0.15, -0.1) is 0 Å². The van der Waals surface area contributed by atoms with Crippen molar-refractivity contribution in [1.82, 2.24) is 0 Å². The van der Waals surface area contributed by atoms with Gasteiger partial charge in [-0.2, -0.15) is 0 Å². The van der Waals surface area contributed by atoms with E-state index in [1.54, 1.807) is 18.2 Å². The first-order valence-corrected chi connectivity index (χ1v) is 7.48. The van der Waals surface area contributed by atoms with E-state index in [2.05, 4.69) is 0 Å². The summed E-state index contributed by atoms with van der Waals surface area (Å²) in [6.07, 6.45) is 1.61. The van der Waals surface area contributed by atoms with Crippen molar-refractivity contribution < 1.29 is 19.7 Å². The van der Waals surface area contributed by atoms with Gasteiger partial charge in [0, 0.05) is 0 Å². The van der Waals surface area contributed by atoms with Gasteiger partial charge in [-0.1, -0.05) is 26.0 Å². The van der Waals surface area contributed by atoms with Gasteiger partial charge in [-0.25, -0.2) is 4.39 Å². The van der Waals surface area contributed by atoms with Crippen molar-refractivity contribution in [3.05, 3.63) is 53.3 Å². The van der Waals surface area contributed by atoms with Crippen molar-refractivity contribution in [1.29, 1.82) is 0 Å². The molecule has 0 amide bonds. The van der Waals surface area contributed by atoms with Crippen LogP contribution in [0, 0.1) is 5.82 Å². The van der Waals surface area contributed by atoms with E-state index in [9.17, 15) is 19.7 Å². The van der Waals surface area contributed by atoms with Crippen LogP contribution in [0.4, 0.5) is 4.39 Å². The number of hydrogen-bond acceptors (Lipinski definition) is 3. The Labute approximate surface area is 129 Å². The quantitative estimate of drug-likeness (QED) is 0.706. The van der Waals surface area contributed by atoms with Crippen LogP contribution < -0.4 is 0 Å². The summed E-state index contributed by atoms with van der Waals surface area (Å²) in [6.45, 7) is 4.06. The monoisotopic (exact) mass is 304 g/mol. The molecule has 0 heterocycles. The van der Waals surface area contributed by atoms with Gasteiger partial charge in [-0.3, -0.25) is 0 Å². The van der Waals surface area contributed by atoms with E-state index in [1.165, 1.54) is 18.2 Å². The number of aromatic hydroxyl groups is 3. The minimum atomic E-state index is -0.626. The van der Waals surface area contributed by atoms with Crippen LogP contribution in [0.5, 0.6) is 17.2 Å². The third-order valence-electron chi connectivity index (χ3n) is 4.19. The summed E-state index contributed by atoms with van der Waals surface area (Å²) in [5.74, 6) is -1.14. The van der Waals surface area contributed by atoms with Crippen LogP contribution in [0.15, 0.2) is 36.4 Å². The minimum Gasteiger partial charge on any atom is -0.505 e. The molecule has 3 N–H and O–H groups in total. The smallest absolute Gasteiger partial charge is 0.165 e. The molecule has 2 aromatic carbocycles. The summed E-state index contributed by atoms with van der Waals surface area (Å²) in [4.78, 5) is 0. The number of phenols is 3. The highest BCUT2D eigenvalue weighted by Gasteiger charge is 2.23. The van der Waals surface area contributed by atoms with Gasteiger partial charge < -0.3 is 15.3 Å². The topological polar surface area (TPSA) is 60.7 Å². The lowest BCUT2D eigenvalue weighted by Crippen LogP contribution is -2.10. The molecule has 0 aliphatic rings. The number of rotatable bonds is 5. The molecular weight excluding hydrogens is 283 g/mol. The number of hydrogen-bond donors (Lipinski definition) is 3. The molecule has 4 heteroatoms. The molecule has 0 aliphatic heterocycles. The largest absolute Gasteiger partial charge is 0.505 e. The van der Waals surface area contributed by atoms with Crippen molar-refractivity contribution in [2.75, 3.05) is 0 Å². The Hall–Kier alpha value is -2.23. The first-order chi connectivity index (χ1) is 10.5. The molecular formula is C18H21FO3. The highest BCUT2D eigenvalue weighted by molar-refractivity contribution is 5.43. The van der Waals surface area contributed by atoms with Gasteiger partial charge in [0.15, 0.2) is 23.1 Å². The summed E-state index contributed by atoms with van der Waals surface area (Å²) in [7, 11) is 0. The first-order valence-electron chi connectivity index (χ1n) is 7.48. The van der Waals surface area contributed by atoms with Crippen LogP contribution in [0.25, 0.3) is 0 Å². The summed E-state index contributed by atoms with van der Waals surface area (Å²) >= 11 is 0. The molecule has 0 bridgehead atoms. The molecule has 0 radical (unpaired) electrons. The fourth-order valence-corrected chi connectivity index (χ4v) is 3.03. The molecule has 2 aromatic rings. The van der Waals surface area contributed by atoms with Gasteiger partial charge in [-0.05, 0) is 60.1 Å². The van der Waals surface area contributed by atoms with Crippen molar-refractivity contribution in [3.63, 3.8) is 0 Å². The fourth-order valence-electron chi connectivity index (χ4n) is 3.03. The van der Waals surface area contributed by atoms with Crippen LogP contribution in [-0.4, -0.2) is 15.3 Å². The van der Waals surface area contributed by atoms with Gasteiger partial charge >= 0.3 is 0 Å². The van der Waals surface area contributed by atoms with E-state index < -0.39 is 5.82 Å². The average Bonchev–Trinajstić information content (AvgIpc) is 2.50. The lowest BCUT2D eigenvalue weighted by atomic mass is 9.78. The molecule has 2 atom stereocenters. The maximum Gasteiger partial charge on any atom is 0.165 e. The van der Waals surface area contributed by atoms with Crippen molar-refractivity contribution in [2.45, 2.75) is 38.5 Å². The Morgan fingerprint density at radius 2 is 1.27 bits per heavy atom. The fraction of sp³-hybridized carbons (Fsp3) is 0.333. The zero-order chi connectivity index (χ0) is 16.3. The Morgan fingerprint density at radius 1 is 0.773 bits per heavy atom. The van der Waals surface area contributed by atoms with Gasteiger partial charge in [0.05, 0.1) is 0 Å². The van der Waals surface area contributed by atoms with E-state index >= 15 is 0 Å². The second-order valence-electron chi connectivity index (χ2n) is 5.49. The minimum absolute atomic E-state index is 0.0593. The van der Waals surface area contributed by atoms with Crippen LogP contribution in [0.2, 0.25) is 0 Å². The van der Waals surface area contributed by atoms with E-state index in [0.29, 0.717) is 0 Å². The SMILES string of the molecule is CC[C@@H](c1ccc(O)c(O)c1)[C@@H](CC)c1ccc(O)c(F)c1. The molecule has 0 aliphatic carbocycles. The molecule has 0 fully saturated rings. The van der Waals surface area contributed by atoms with Crippen LogP contribution in [0.3, 0.4) is 0 Å². The van der Waals surface area contributed by atoms with Gasteiger partial charge in [0.25, 0.3) is 0 Å². The molecule has 22 heavy (non-hydrogen) atoms. The van der Waals surface area contributed by atoms with Crippen LogP contribution >= 0.6 is 0 Å². The Bertz CT molecular complexity index is 597. The number of halogens is 1. The van der Waals surface area contributed by atoms with E-state index in [4.69, 9.17) is 0 Å². The Balaban J connectivity index is 2.41. The molecule has 0 saturated carbocycles. The third kappa shape index (κ3) is 3.16. The highest BCUT2D eigenvalue weighted by atomic mass is 19.1. The lowest BCUT2D eigenvalue weighted by Gasteiger charge is -2.26. The van der Waals surface area contributed by atoms with Crippen LogP contribution in [0.1, 0.15) is 49.7 Å².